The zero-order chi connectivity index (χ0) is 20.5. The van der Waals surface area contributed by atoms with Crippen molar-refractivity contribution in [2.45, 2.75) is 19.4 Å². The Morgan fingerprint density at radius 2 is 1.93 bits per heavy atom. The van der Waals surface area contributed by atoms with Gasteiger partial charge in [0.2, 0.25) is 0 Å². The molecule has 1 aliphatic rings. The van der Waals surface area contributed by atoms with Gasteiger partial charge in [0, 0.05) is 24.7 Å². The van der Waals surface area contributed by atoms with Gasteiger partial charge in [-0.1, -0.05) is 23.4 Å². The zero-order valence-corrected chi connectivity index (χ0v) is 16.2. The van der Waals surface area contributed by atoms with Gasteiger partial charge in [-0.3, -0.25) is 4.68 Å². The van der Waals surface area contributed by atoms with Crippen molar-refractivity contribution in [2.75, 3.05) is 23.7 Å². The van der Waals surface area contributed by atoms with Crippen LogP contribution in [0.25, 0.3) is 22.9 Å². The molecule has 152 valence electrons. The van der Waals surface area contributed by atoms with E-state index in [4.69, 9.17) is 10.3 Å². The normalized spacial score (nSPS) is 13.8. The fourth-order valence-electron chi connectivity index (χ4n) is 3.70. The highest BCUT2D eigenvalue weighted by atomic mass is 19.1. The lowest BCUT2D eigenvalue weighted by atomic mass is 10.2. The Morgan fingerprint density at radius 3 is 2.67 bits per heavy atom. The molecule has 0 unspecified atom stereocenters. The largest absolute Gasteiger partial charge is 0.382 e. The van der Waals surface area contributed by atoms with Crippen LogP contribution in [0.3, 0.4) is 0 Å². The first-order valence-electron chi connectivity index (χ1n) is 9.79. The van der Waals surface area contributed by atoms with Crippen molar-refractivity contribution in [1.29, 1.82) is 0 Å². The van der Waals surface area contributed by atoms with Gasteiger partial charge in [-0.15, -0.1) is 0 Å². The minimum Gasteiger partial charge on any atom is -0.382 e. The van der Waals surface area contributed by atoms with Crippen molar-refractivity contribution >= 4 is 11.5 Å². The maximum Gasteiger partial charge on any atom is 0.182 e. The average molecular weight is 405 g/mol. The number of nitrogen functional groups attached to an aromatic ring is 1. The Morgan fingerprint density at radius 1 is 1.10 bits per heavy atom. The van der Waals surface area contributed by atoms with Gasteiger partial charge in [-0.25, -0.2) is 14.4 Å². The highest BCUT2D eigenvalue weighted by Gasteiger charge is 2.20. The summed E-state index contributed by atoms with van der Waals surface area (Å²) in [6, 6.07) is 10.1. The standard InChI is InChI=1S/C21H20FN7O/c22-15-6-2-1-5-14(15)13-29-18(16-7-10-30-27-16)11-17(26-29)21-24-12-19(20(23)25-21)28-8-3-4-9-28/h1-2,5-7,10-12H,3-4,8-9,13H2,(H2,23,24,25). The molecule has 9 heteroatoms. The van der Waals surface area contributed by atoms with E-state index in [1.165, 1.54) is 12.3 Å². The maximum atomic E-state index is 14.2. The second-order valence-corrected chi connectivity index (χ2v) is 7.21. The molecule has 5 rings (SSSR count). The van der Waals surface area contributed by atoms with Crippen LogP contribution in [0.15, 0.2) is 53.4 Å². The van der Waals surface area contributed by atoms with E-state index in [2.05, 4.69) is 25.1 Å². The number of aromatic nitrogens is 5. The van der Waals surface area contributed by atoms with Gasteiger partial charge in [0.25, 0.3) is 0 Å². The molecule has 8 nitrogen and oxygen atoms in total. The molecule has 4 heterocycles. The van der Waals surface area contributed by atoms with E-state index < -0.39 is 0 Å². The highest BCUT2D eigenvalue weighted by molar-refractivity contribution is 5.68. The minimum atomic E-state index is -0.295. The number of benzene rings is 1. The van der Waals surface area contributed by atoms with Gasteiger partial charge in [0.15, 0.2) is 11.6 Å². The van der Waals surface area contributed by atoms with E-state index in [9.17, 15) is 4.39 Å². The van der Waals surface area contributed by atoms with Crippen molar-refractivity contribution in [3.05, 3.63) is 60.2 Å². The number of nitrogens with zero attached hydrogens (tertiary/aromatic N) is 6. The molecule has 0 aliphatic carbocycles. The lowest BCUT2D eigenvalue weighted by Gasteiger charge is -2.18. The third kappa shape index (κ3) is 3.38. The topological polar surface area (TPSA) is 98.9 Å². The summed E-state index contributed by atoms with van der Waals surface area (Å²) in [5.41, 5.74) is 9.37. The second kappa shape index (κ2) is 7.58. The summed E-state index contributed by atoms with van der Waals surface area (Å²) in [4.78, 5) is 11.2. The van der Waals surface area contributed by atoms with Gasteiger partial charge < -0.3 is 15.2 Å². The third-order valence-corrected chi connectivity index (χ3v) is 5.23. The number of halogens is 1. The highest BCUT2D eigenvalue weighted by Crippen LogP contribution is 2.29. The summed E-state index contributed by atoms with van der Waals surface area (Å²) < 4.78 is 20.9. The first-order valence-corrected chi connectivity index (χ1v) is 9.79. The van der Waals surface area contributed by atoms with Crippen LogP contribution in [0.5, 0.6) is 0 Å². The minimum absolute atomic E-state index is 0.232. The Balaban J connectivity index is 1.53. The molecule has 1 saturated heterocycles. The summed E-state index contributed by atoms with van der Waals surface area (Å²) >= 11 is 0. The molecule has 30 heavy (non-hydrogen) atoms. The average Bonchev–Trinajstić information content (AvgIpc) is 3.51. The Hall–Kier alpha value is -3.75. The van der Waals surface area contributed by atoms with E-state index in [0.29, 0.717) is 34.3 Å². The molecule has 0 saturated carbocycles. The van der Waals surface area contributed by atoms with E-state index in [0.717, 1.165) is 31.6 Å². The van der Waals surface area contributed by atoms with E-state index >= 15 is 0 Å². The summed E-state index contributed by atoms with van der Waals surface area (Å²) in [6.07, 6.45) is 5.51. The van der Waals surface area contributed by atoms with E-state index in [-0.39, 0.29) is 12.4 Å². The Kier molecular flexibility index (Phi) is 4.62. The molecular formula is C21H20FN7O. The molecule has 3 aromatic heterocycles. The maximum absolute atomic E-state index is 14.2. The monoisotopic (exact) mass is 405 g/mol. The SMILES string of the molecule is Nc1nc(-c2cc(-c3ccon3)n(Cc3ccccc3F)n2)ncc1N1CCCC1. The quantitative estimate of drug-likeness (QED) is 0.543. The van der Waals surface area contributed by atoms with Gasteiger partial charge in [0.1, 0.15) is 23.5 Å². The van der Waals surface area contributed by atoms with Crippen LogP contribution in [0.2, 0.25) is 0 Å². The molecular weight excluding hydrogens is 385 g/mol. The summed E-state index contributed by atoms with van der Waals surface area (Å²) in [5.74, 6) is 0.539. The second-order valence-electron chi connectivity index (χ2n) is 7.21. The molecule has 0 atom stereocenters. The molecule has 0 spiro atoms. The molecule has 1 aromatic carbocycles. The summed E-state index contributed by atoms with van der Waals surface area (Å²) in [6.45, 7) is 2.15. The predicted molar refractivity (Wildman–Crippen MR) is 110 cm³/mol. The van der Waals surface area contributed by atoms with Crippen LogP contribution in [-0.2, 0) is 6.54 Å². The van der Waals surface area contributed by atoms with Crippen LogP contribution < -0.4 is 10.6 Å². The summed E-state index contributed by atoms with van der Waals surface area (Å²) in [5, 5.41) is 8.62. The van der Waals surface area contributed by atoms with Crippen molar-refractivity contribution in [3.63, 3.8) is 0 Å². The van der Waals surface area contributed by atoms with Crippen LogP contribution in [0, 0.1) is 5.82 Å². The number of hydrogen-bond acceptors (Lipinski definition) is 7. The number of nitrogens with two attached hydrogens (primary N) is 1. The fraction of sp³-hybridized carbons (Fsp3) is 0.238. The molecule has 1 fully saturated rings. The van der Waals surface area contributed by atoms with Gasteiger partial charge in [-0.05, 0) is 25.0 Å². The van der Waals surface area contributed by atoms with Gasteiger partial charge >= 0.3 is 0 Å². The van der Waals surface area contributed by atoms with Crippen molar-refractivity contribution in [1.82, 2.24) is 24.9 Å². The fourth-order valence-corrected chi connectivity index (χ4v) is 3.70. The number of hydrogen-bond donors (Lipinski definition) is 1. The van der Waals surface area contributed by atoms with Crippen LogP contribution in [-0.4, -0.2) is 38.0 Å². The molecule has 1 aliphatic heterocycles. The van der Waals surface area contributed by atoms with Gasteiger partial charge in [-0.2, -0.15) is 5.10 Å². The summed E-state index contributed by atoms with van der Waals surface area (Å²) in [7, 11) is 0. The predicted octanol–water partition coefficient (Wildman–Crippen LogP) is 3.36. The van der Waals surface area contributed by atoms with Crippen LogP contribution >= 0.6 is 0 Å². The molecule has 0 bridgehead atoms. The molecule has 0 amide bonds. The molecule has 0 radical (unpaired) electrons. The smallest absolute Gasteiger partial charge is 0.182 e. The molecule has 2 N–H and O–H groups in total. The first-order chi connectivity index (χ1) is 14.7. The molecule has 4 aromatic rings. The lowest BCUT2D eigenvalue weighted by molar-refractivity contribution is 0.421. The van der Waals surface area contributed by atoms with Crippen molar-refractivity contribution < 1.29 is 8.91 Å². The first kappa shape index (κ1) is 18.3. The Labute approximate surface area is 172 Å². The third-order valence-electron chi connectivity index (χ3n) is 5.23. The van der Waals surface area contributed by atoms with Crippen molar-refractivity contribution in [3.8, 4) is 22.9 Å². The number of rotatable bonds is 5. The van der Waals surface area contributed by atoms with Gasteiger partial charge in [0.05, 0.1) is 24.1 Å². The van der Waals surface area contributed by atoms with Crippen molar-refractivity contribution in [2.24, 2.45) is 0 Å². The van der Waals surface area contributed by atoms with Crippen LogP contribution in [0.4, 0.5) is 15.9 Å². The Bertz CT molecular complexity index is 1170. The van der Waals surface area contributed by atoms with E-state index in [1.54, 1.807) is 35.1 Å². The van der Waals surface area contributed by atoms with Crippen LogP contribution in [0.1, 0.15) is 18.4 Å². The lowest BCUT2D eigenvalue weighted by Crippen LogP contribution is -2.20. The van der Waals surface area contributed by atoms with E-state index in [1.807, 2.05) is 6.07 Å². The zero-order valence-electron chi connectivity index (χ0n) is 16.2. The number of anilines is 2.